The van der Waals surface area contributed by atoms with E-state index in [4.69, 9.17) is 9.47 Å². The molecule has 2 aromatic carbocycles. The molecule has 0 spiro atoms. The van der Waals surface area contributed by atoms with E-state index in [0.717, 1.165) is 25.7 Å². The van der Waals surface area contributed by atoms with E-state index in [1.807, 2.05) is 0 Å². The zero-order chi connectivity index (χ0) is 24.8. The van der Waals surface area contributed by atoms with Crippen molar-refractivity contribution in [3.63, 3.8) is 0 Å². The van der Waals surface area contributed by atoms with E-state index in [2.05, 4.69) is 10.6 Å². The van der Waals surface area contributed by atoms with Crippen molar-refractivity contribution in [2.24, 2.45) is 0 Å². The average molecular weight is 502 g/mol. The maximum absolute atomic E-state index is 13.3. The third-order valence-electron chi connectivity index (χ3n) is 6.38. The van der Waals surface area contributed by atoms with Crippen LogP contribution in [0.5, 0.6) is 5.75 Å². The third kappa shape index (κ3) is 5.83. The van der Waals surface area contributed by atoms with Crippen molar-refractivity contribution in [2.45, 2.75) is 43.0 Å². The lowest BCUT2D eigenvalue weighted by molar-refractivity contribution is 0.0730. The van der Waals surface area contributed by atoms with Crippen LogP contribution in [0.25, 0.3) is 0 Å². The van der Waals surface area contributed by atoms with Crippen LogP contribution in [0.4, 0.5) is 5.69 Å². The van der Waals surface area contributed by atoms with Gasteiger partial charge in [0.25, 0.3) is 11.8 Å². The minimum Gasteiger partial charge on any atom is -0.496 e. The minimum atomic E-state index is -3.80. The third-order valence-corrected chi connectivity index (χ3v) is 8.28. The molecule has 2 aromatic rings. The van der Waals surface area contributed by atoms with Gasteiger partial charge in [0.15, 0.2) is 0 Å². The monoisotopic (exact) mass is 501 g/mol. The Hall–Kier alpha value is -2.95. The number of benzene rings is 2. The predicted molar refractivity (Wildman–Crippen MR) is 131 cm³/mol. The molecule has 1 aliphatic heterocycles. The molecule has 2 fully saturated rings. The Kier molecular flexibility index (Phi) is 8.04. The lowest BCUT2D eigenvalue weighted by Gasteiger charge is -2.26. The summed E-state index contributed by atoms with van der Waals surface area (Å²) in [5, 5.41) is 5.84. The number of ether oxygens (including phenoxy) is 2. The van der Waals surface area contributed by atoms with E-state index < -0.39 is 15.9 Å². The van der Waals surface area contributed by atoms with Gasteiger partial charge in [0, 0.05) is 19.1 Å². The first-order valence-electron chi connectivity index (χ1n) is 11.9. The molecule has 35 heavy (non-hydrogen) atoms. The van der Waals surface area contributed by atoms with E-state index in [0.29, 0.717) is 24.5 Å². The van der Waals surface area contributed by atoms with Gasteiger partial charge in [-0.2, -0.15) is 4.31 Å². The summed E-state index contributed by atoms with van der Waals surface area (Å²) in [4.78, 5) is 26.2. The first-order chi connectivity index (χ1) is 16.9. The van der Waals surface area contributed by atoms with Crippen LogP contribution in [0.1, 0.15) is 52.8 Å². The highest BCUT2D eigenvalue weighted by molar-refractivity contribution is 7.89. The predicted octanol–water partition coefficient (Wildman–Crippen LogP) is 3.03. The average Bonchev–Trinajstić information content (AvgIpc) is 2.89. The van der Waals surface area contributed by atoms with Crippen LogP contribution in [-0.2, 0) is 14.8 Å². The van der Waals surface area contributed by atoms with Crippen molar-refractivity contribution in [2.75, 3.05) is 38.7 Å². The number of carbonyl (C=O) groups excluding carboxylic acids is 2. The lowest BCUT2D eigenvalue weighted by atomic mass is 9.95. The second kappa shape index (κ2) is 11.2. The standard InChI is InChI=1S/C25H31N3O6S/c1-33-23-12-11-19(35(31,32)28-13-15-34-16-14-28)17-21(23)25(30)27-22-10-6-5-9-20(22)24(29)26-18-7-3-2-4-8-18/h5-6,9-12,17-18H,2-4,7-8,13-16H2,1H3,(H,26,29)(H,27,30). The largest absolute Gasteiger partial charge is 0.496 e. The van der Waals surface area contributed by atoms with Gasteiger partial charge in [-0.3, -0.25) is 9.59 Å². The maximum Gasteiger partial charge on any atom is 0.259 e. The number of methoxy groups -OCH3 is 1. The molecular formula is C25H31N3O6S. The Morgan fingerprint density at radius 1 is 0.971 bits per heavy atom. The van der Waals surface area contributed by atoms with E-state index in [-0.39, 0.29) is 41.2 Å². The van der Waals surface area contributed by atoms with Gasteiger partial charge in [-0.25, -0.2) is 8.42 Å². The van der Waals surface area contributed by atoms with Gasteiger partial charge in [0.1, 0.15) is 5.75 Å². The van der Waals surface area contributed by atoms with Crippen molar-refractivity contribution in [1.29, 1.82) is 0 Å². The number of nitrogens with zero attached hydrogens (tertiary/aromatic N) is 1. The van der Waals surface area contributed by atoms with Crippen LogP contribution in [0.15, 0.2) is 47.4 Å². The first kappa shape index (κ1) is 25.2. The number of hydrogen-bond donors (Lipinski definition) is 2. The summed E-state index contributed by atoms with van der Waals surface area (Å²) < 4.78 is 38.1. The topological polar surface area (TPSA) is 114 Å². The molecule has 188 valence electrons. The van der Waals surface area contributed by atoms with Crippen molar-refractivity contribution in [1.82, 2.24) is 9.62 Å². The Balaban J connectivity index is 1.57. The van der Waals surface area contributed by atoms with Crippen molar-refractivity contribution in [3.05, 3.63) is 53.6 Å². The highest BCUT2D eigenvalue weighted by Gasteiger charge is 2.28. The molecule has 0 aromatic heterocycles. The summed E-state index contributed by atoms with van der Waals surface area (Å²) in [6.07, 6.45) is 5.25. The van der Waals surface area contributed by atoms with Crippen LogP contribution >= 0.6 is 0 Å². The molecule has 0 radical (unpaired) electrons. The summed E-state index contributed by atoms with van der Waals surface area (Å²) in [7, 11) is -2.39. The Bertz CT molecular complexity index is 1170. The fraction of sp³-hybridized carbons (Fsp3) is 0.440. The van der Waals surface area contributed by atoms with Crippen molar-refractivity contribution >= 4 is 27.5 Å². The Morgan fingerprint density at radius 2 is 1.69 bits per heavy atom. The number of amides is 2. The number of hydrogen-bond acceptors (Lipinski definition) is 6. The van der Waals surface area contributed by atoms with Crippen LogP contribution < -0.4 is 15.4 Å². The van der Waals surface area contributed by atoms with Gasteiger partial charge < -0.3 is 20.1 Å². The summed E-state index contributed by atoms with van der Waals surface area (Å²) >= 11 is 0. The zero-order valence-corrected chi connectivity index (χ0v) is 20.6. The molecule has 2 aliphatic rings. The highest BCUT2D eigenvalue weighted by Crippen LogP contribution is 2.27. The van der Waals surface area contributed by atoms with E-state index >= 15 is 0 Å². The van der Waals surface area contributed by atoms with Gasteiger partial charge >= 0.3 is 0 Å². The number of anilines is 1. The zero-order valence-electron chi connectivity index (χ0n) is 19.8. The Labute approximate surface area is 205 Å². The van der Waals surface area contributed by atoms with Gasteiger partial charge in [0.2, 0.25) is 10.0 Å². The molecule has 0 unspecified atom stereocenters. The van der Waals surface area contributed by atoms with Crippen LogP contribution in [0, 0.1) is 0 Å². The lowest BCUT2D eigenvalue weighted by Crippen LogP contribution is -2.40. The summed E-state index contributed by atoms with van der Waals surface area (Å²) in [5.41, 5.74) is 0.751. The molecule has 2 amide bonds. The molecule has 1 heterocycles. The number of rotatable bonds is 7. The number of sulfonamides is 1. The molecule has 0 atom stereocenters. The van der Waals surface area contributed by atoms with Gasteiger partial charge in [-0.1, -0.05) is 31.4 Å². The number of morpholine rings is 1. The first-order valence-corrected chi connectivity index (χ1v) is 13.3. The molecule has 0 bridgehead atoms. The van der Waals surface area contributed by atoms with Crippen molar-refractivity contribution < 1.29 is 27.5 Å². The summed E-state index contributed by atoms with van der Waals surface area (Å²) in [6, 6.07) is 11.1. The van der Waals surface area contributed by atoms with Crippen LogP contribution in [0.2, 0.25) is 0 Å². The molecule has 1 aliphatic carbocycles. The molecular weight excluding hydrogens is 470 g/mol. The molecule has 4 rings (SSSR count). The minimum absolute atomic E-state index is 0.00585. The fourth-order valence-corrected chi connectivity index (χ4v) is 5.89. The quantitative estimate of drug-likeness (QED) is 0.603. The summed E-state index contributed by atoms with van der Waals surface area (Å²) in [5.74, 6) is -0.588. The Morgan fingerprint density at radius 3 is 2.40 bits per heavy atom. The fourth-order valence-electron chi connectivity index (χ4n) is 4.45. The number of carbonyl (C=O) groups is 2. The van der Waals surface area contributed by atoms with Crippen LogP contribution in [0.3, 0.4) is 0 Å². The van der Waals surface area contributed by atoms with Gasteiger partial charge in [-0.15, -0.1) is 0 Å². The van der Waals surface area contributed by atoms with Crippen molar-refractivity contribution in [3.8, 4) is 5.75 Å². The van der Waals surface area contributed by atoms with Gasteiger partial charge in [0.05, 0.1) is 42.0 Å². The second-order valence-corrected chi connectivity index (χ2v) is 10.6. The molecule has 10 heteroatoms. The molecule has 1 saturated heterocycles. The second-order valence-electron chi connectivity index (χ2n) is 8.69. The molecule has 9 nitrogen and oxygen atoms in total. The van der Waals surface area contributed by atoms with E-state index in [9.17, 15) is 18.0 Å². The smallest absolute Gasteiger partial charge is 0.259 e. The highest BCUT2D eigenvalue weighted by atomic mass is 32.2. The maximum atomic E-state index is 13.3. The normalized spacial score (nSPS) is 17.5. The summed E-state index contributed by atoms with van der Waals surface area (Å²) in [6.45, 7) is 1.14. The SMILES string of the molecule is COc1ccc(S(=O)(=O)N2CCOCC2)cc1C(=O)Nc1ccccc1C(=O)NC1CCCCC1. The van der Waals surface area contributed by atoms with Gasteiger partial charge in [-0.05, 0) is 43.2 Å². The van der Waals surface area contributed by atoms with E-state index in [1.165, 1.54) is 36.0 Å². The number of para-hydroxylation sites is 1. The number of nitrogens with one attached hydrogen (secondary N) is 2. The van der Waals surface area contributed by atoms with E-state index in [1.54, 1.807) is 24.3 Å². The van der Waals surface area contributed by atoms with Crippen LogP contribution in [-0.4, -0.2) is 64.0 Å². The molecule has 1 saturated carbocycles. The molecule has 2 N–H and O–H groups in total.